The van der Waals surface area contributed by atoms with Gasteiger partial charge in [0, 0.05) is 11.8 Å². The molecule has 114 valence electrons. The number of thiocarbonyl (C=S) groups is 1. The van der Waals surface area contributed by atoms with E-state index in [2.05, 4.69) is 10.6 Å². The van der Waals surface area contributed by atoms with Crippen molar-refractivity contribution >= 4 is 28.9 Å². The predicted octanol–water partition coefficient (Wildman–Crippen LogP) is 2.07. The molecule has 0 fully saturated rings. The third kappa shape index (κ3) is 5.16. The second kappa shape index (κ2) is 8.11. The van der Waals surface area contributed by atoms with Gasteiger partial charge in [0.1, 0.15) is 19.0 Å². The molecule has 2 rings (SSSR count). The monoisotopic (exact) mass is 316 g/mol. The van der Waals surface area contributed by atoms with Crippen molar-refractivity contribution in [3.8, 4) is 5.75 Å². The van der Waals surface area contributed by atoms with Crippen LogP contribution >= 0.6 is 12.2 Å². The SMILES string of the molecule is O=C(CO)NC(=S)Nc1cccc(OCc2ccccc2)c1. The number of aliphatic hydroxyl groups is 1. The minimum atomic E-state index is -0.609. The molecule has 3 N–H and O–H groups in total. The van der Waals surface area contributed by atoms with Crippen LogP contribution in [-0.4, -0.2) is 22.7 Å². The zero-order chi connectivity index (χ0) is 15.8. The van der Waals surface area contributed by atoms with Gasteiger partial charge in [-0.15, -0.1) is 0 Å². The van der Waals surface area contributed by atoms with Crippen LogP contribution in [0.4, 0.5) is 5.69 Å². The Labute approximate surface area is 133 Å². The zero-order valence-electron chi connectivity index (χ0n) is 11.8. The first kappa shape index (κ1) is 15.9. The van der Waals surface area contributed by atoms with Crippen LogP contribution < -0.4 is 15.4 Å². The van der Waals surface area contributed by atoms with E-state index in [1.807, 2.05) is 42.5 Å². The van der Waals surface area contributed by atoms with Crippen LogP contribution in [-0.2, 0) is 11.4 Å². The number of nitrogens with one attached hydrogen (secondary N) is 2. The van der Waals surface area contributed by atoms with E-state index in [4.69, 9.17) is 22.1 Å². The summed E-state index contributed by atoms with van der Waals surface area (Å²) < 4.78 is 5.71. The largest absolute Gasteiger partial charge is 0.489 e. The second-order valence-corrected chi connectivity index (χ2v) is 4.87. The maximum Gasteiger partial charge on any atom is 0.251 e. The fourth-order valence-corrected chi connectivity index (χ4v) is 1.96. The average Bonchev–Trinajstić information content (AvgIpc) is 2.54. The van der Waals surface area contributed by atoms with Gasteiger partial charge in [0.25, 0.3) is 5.91 Å². The van der Waals surface area contributed by atoms with Crippen LogP contribution in [0.1, 0.15) is 5.56 Å². The van der Waals surface area contributed by atoms with Crippen molar-refractivity contribution in [1.29, 1.82) is 0 Å². The van der Waals surface area contributed by atoms with E-state index in [9.17, 15) is 4.79 Å². The Morgan fingerprint density at radius 1 is 1.14 bits per heavy atom. The van der Waals surface area contributed by atoms with E-state index in [1.54, 1.807) is 12.1 Å². The minimum absolute atomic E-state index is 0.124. The zero-order valence-corrected chi connectivity index (χ0v) is 12.6. The molecule has 0 saturated carbocycles. The number of carbonyl (C=O) groups excluding carboxylic acids is 1. The standard InChI is InChI=1S/C16H16N2O3S/c19-10-15(20)18-16(22)17-13-7-4-8-14(9-13)21-11-12-5-2-1-3-6-12/h1-9,19H,10-11H2,(H2,17,18,20,22). The highest BCUT2D eigenvalue weighted by atomic mass is 32.1. The molecule has 0 saturated heterocycles. The van der Waals surface area contributed by atoms with Crippen molar-refractivity contribution in [2.75, 3.05) is 11.9 Å². The Morgan fingerprint density at radius 2 is 1.91 bits per heavy atom. The summed E-state index contributed by atoms with van der Waals surface area (Å²) in [7, 11) is 0. The van der Waals surface area contributed by atoms with E-state index >= 15 is 0 Å². The molecule has 5 nitrogen and oxygen atoms in total. The quantitative estimate of drug-likeness (QED) is 0.737. The number of aliphatic hydroxyl groups excluding tert-OH is 1. The molecule has 6 heteroatoms. The van der Waals surface area contributed by atoms with E-state index in [1.165, 1.54) is 0 Å². The number of ether oxygens (including phenoxy) is 1. The van der Waals surface area contributed by atoms with Gasteiger partial charge in [0.05, 0.1) is 0 Å². The van der Waals surface area contributed by atoms with Crippen molar-refractivity contribution in [2.24, 2.45) is 0 Å². The van der Waals surface area contributed by atoms with Gasteiger partial charge in [-0.05, 0) is 29.9 Å². The topological polar surface area (TPSA) is 70.6 Å². The Kier molecular flexibility index (Phi) is 5.88. The maximum atomic E-state index is 11.0. The van der Waals surface area contributed by atoms with Crippen LogP contribution in [0.2, 0.25) is 0 Å². The summed E-state index contributed by atoms with van der Waals surface area (Å²) in [6.07, 6.45) is 0. The Balaban J connectivity index is 1.92. The number of rotatable bonds is 5. The van der Waals surface area contributed by atoms with Gasteiger partial charge in [-0.1, -0.05) is 36.4 Å². The summed E-state index contributed by atoms with van der Waals surface area (Å²) >= 11 is 4.97. The molecule has 2 aromatic carbocycles. The van der Waals surface area contributed by atoms with Crippen LogP contribution in [0.3, 0.4) is 0 Å². The van der Waals surface area contributed by atoms with E-state index in [-0.39, 0.29) is 5.11 Å². The highest BCUT2D eigenvalue weighted by molar-refractivity contribution is 7.80. The lowest BCUT2D eigenvalue weighted by atomic mass is 10.2. The number of carbonyl (C=O) groups is 1. The molecule has 0 unspecified atom stereocenters. The van der Waals surface area contributed by atoms with Crippen LogP contribution in [0.5, 0.6) is 5.75 Å². The van der Waals surface area contributed by atoms with Crippen LogP contribution in [0, 0.1) is 0 Å². The van der Waals surface area contributed by atoms with Crippen LogP contribution in [0.25, 0.3) is 0 Å². The van der Waals surface area contributed by atoms with Crippen molar-refractivity contribution in [3.05, 3.63) is 60.2 Å². The first-order valence-corrected chi connectivity index (χ1v) is 7.06. The predicted molar refractivity (Wildman–Crippen MR) is 88.7 cm³/mol. The molecule has 0 heterocycles. The molecule has 0 spiro atoms. The highest BCUT2D eigenvalue weighted by Crippen LogP contribution is 2.18. The molecule has 0 radical (unpaired) electrons. The highest BCUT2D eigenvalue weighted by Gasteiger charge is 2.04. The number of anilines is 1. The normalized spacial score (nSPS) is 9.86. The molecule has 0 aliphatic carbocycles. The van der Waals surface area contributed by atoms with Crippen molar-refractivity contribution in [1.82, 2.24) is 5.32 Å². The third-order valence-electron chi connectivity index (χ3n) is 2.74. The van der Waals surface area contributed by atoms with E-state index < -0.39 is 12.5 Å². The third-order valence-corrected chi connectivity index (χ3v) is 2.94. The van der Waals surface area contributed by atoms with Gasteiger partial charge in [-0.25, -0.2) is 0 Å². The Morgan fingerprint density at radius 3 is 2.64 bits per heavy atom. The molecule has 2 aromatic rings. The molecule has 0 aliphatic heterocycles. The van der Waals surface area contributed by atoms with Gasteiger partial charge in [0.15, 0.2) is 5.11 Å². The fourth-order valence-electron chi connectivity index (χ4n) is 1.73. The second-order valence-electron chi connectivity index (χ2n) is 4.46. The van der Waals surface area contributed by atoms with E-state index in [0.717, 1.165) is 5.56 Å². The lowest BCUT2D eigenvalue weighted by Crippen LogP contribution is -2.35. The summed E-state index contributed by atoms with van der Waals surface area (Å²) in [5.41, 5.74) is 1.76. The molecular formula is C16H16N2O3S. The van der Waals surface area contributed by atoms with Gasteiger partial charge in [-0.3, -0.25) is 4.79 Å². The molecular weight excluding hydrogens is 300 g/mol. The Bertz CT molecular complexity index is 647. The molecule has 0 aromatic heterocycles. The van der Waals surface area contributed by atoms with Crippen molar-refractivity contribution in [3.63, 3.8) is 0 Å². The average molecular weight is 316 g/mol. The number of hydrogen-bond acceptors (Lipinski definition) is 4. The molecule has 0 atom stereocenters. The molecule has 22 heavy (non-hydrogen) atoms. The molecule has 0 aliphatic rings. The summed E-state index contributed by atoms with van der Waals surface area (Å²) in [6, 6.07) is 17.1. The molecule has 1 amide bonds. The van der Waals surface area contributed by atoms with Gasteiger partial charge in [-0.2, -0.15) is 0 Å². The van der Waals surface area contributed by atoms with Crippen molar-refractivity contribution in [2.45, 2.75) is 6.61 Å². The first-order valence-electron chi connectivity index (χ1n) is 6.66. The fraction of sp³-hybridized carbons (Fsp3) is 0.125. The van der Waals surface area contributed by atoms with E-state index in [0.29, 0.717) is 18.0 Å². The van der Waals surface area contributed by atoms with Gasteiger partial charge >= 0.3 is 0 Å². The Hall–Kier alpha value is -2.44. The van der Waals surface area contributed by atoms with Crippen molar-refractivity contribution < 1.29 is 14.6 Å². The van der Waals surface area contributed by atoms with Gasteiger partial charge < -0.3 is 20.5 Å². The summed E-state index contributed by atoms with van der Waals surface area (Å²) in [4.78, 5) is 11.0. The minimum Gasteiger partial charge on any atom is -0.489 e. The summed E-state index contributed by atoms with van der Waals surface area (Å²) in [5.74, 6) is 0.124. The summed E-state index contributed by atoms with van der Waals surface area (Å²) in [6.45, 7) is -0.141. The maximum absolute atomic E-state index is 11.0. The van der Waals surface area contributed by atoms with Gasteiger partial charge in [0.2, 0.25) is 0 Å². The number of benzene rings is 2. The smallest absolute Gasteiger partial charge is 0.251 e. The lowest BCUT2D eigenvalue weighted by Gasteiger charge is -2.11. The molecule has 0 bridgehead atoms. The number of hydrogen-bond donors (Lipinski definition) is 3. The lowest BCUT2D eigenvalue weighted by molar-refractivity contribution is -0.122. The summed E-state index contributed by atoms with van der Waals surface area (Å²) in [5, 5.41) is 14.0. The number of amides is 1. The first-order chi connectivity index (χ1) is 10.7. The van der Waals surface area contributed by atoms with Crippen LogP contribution in [0.15, 0.2) is 54.6 Å².